The molecule has 2 aromatic rings. The van der Waals surface area contributed by atoms with Crippen LogP contribution in [0.3, 0.4) is 0 Å². The van der Waals surface area contributed by atoms with Crippen molar-refractivity contribution in [1.82, 2.24) is 14.7 Å². The molecule has 170 valence electrons. The molecule has 2 aromatic carbocycles. The number of nitrogens with one attached hydrogen (secondary N) is 1. The van der Waals surface area contributed by atoms with Crippen LogP contribution in [0.1, 0.15) is 49.4 Å². The lowest BCUT2D eigenvalue weighted by atomic mass is 9.83. The molecular formula is C26H33FN3O2+. The zero-order chi connectivity index (χ0) is 22.6. The molecule has 2 fully saturated rings. The average molecular weight is 439 g/mol. The summed E-state index contributed by atoms with van der Waals surface area (Å²) in [5.41, 5.74) is 1.28. The number of quaternary nitrogens is 1. The summed E-state index contributed by atoms with van der Waals surface area (Å²) < 4.78 is 13.8. The second-order valence-corrected chi connectivity index (χ2v) is 9.05. The summed E-state index contributed by atoms with van der Waals surface area (Å²) in [6.45, 7) is 6.02. The number of Topliss-reactive ketones (excluding diaryl/α,β-unsaturated/α-hetero) is 1. The SMILES string of the molecule is CCC[N+]1(c2ccccc2)CN(CCCC(=O)c2ccc(F)cc2)C(=O)C12CCNCC2. The van der Waals surface area contributed by atoms with Crippen molar-refractivity contribution in [2.75, 3.05) is 32.8 Å². The van der Waals surface area contributed by atoms with E-state index in [2.05, 4.69) is 36.5 Å². The molecule has 1 atom stereocenters. The number of halogens is 1. The minimum Gasteiger partial charge on any atom is -0.316 e. The average Bonchev–Trinajstić information content (AvgIpc) is 3.04. The van der Waals surface area contributed by atoms with Gasteiger partial charge in [0.05, 0.1) is 6.54 Å². The molecule has 0 aliphatic carbocycles. The highest BCUT2D eigenvalue weighted by Gasteiger charge is 2.64. The second-order valence-electron chi connectivity index (χ2n) is 9.05. The van der Waals surface area contributed by atoms with Crippen LogP contribution < -0.4 is 9.80 Å². The van der Waals surface area contributed by atoms with E-state index >= 15 is 0 Å². The van der Waals surface area contributed by atoms with Crippen molar-refractivity contribution < 1.29 is 14.0 Å². The number of rotatable bonds is 8. The van der Waals surface area contributed by atoms with Crippen LogP contribution in [0.2, 0.25) is 0 Å². The van der Waals surface area contributed by atoms with Crippen molar-refractivity contribution in [3.8, 4) is 0 Å². The summed E-state index contributed by atoms with van der Waals surface area (Å²) in [5, 5.41) is 3.43. The van der Waals surface area contributed by atoms with E-state index in [9.17, 15) is 14.0 Å². The maximum Gasteiger partial charge on any atom is 0.288 e. The van der Waals surface area contributed by atoms with Crippen molar-refractivity contribution in [2.45, 2.75) is 44.6 Å². The van der Waals surface area contributed by atoms with Crippen LogP contribution in [0.25, 0.3) is 0 Å². The number of benzene rings is 2. The normalized spacial score (nSPS) is 22.4. The molecular weight excluding hydrogens is 405 g/mol. The Hall–Kier alpha value is -2.57. The molecule has 1 unspecified atom stereocenters. The molecule has 5 nitrogen and oxygen atoms in total. The van der Waals surface area contributed by atoms with Gasteiger partial charge in [0.2, 0.25) is 0 Å². The van der Waals surface area contributed by atoms with Gasteiger partial charge < -0.3 is 5.32 Å². The molecule has 32 heavy (non-hydrogen) atoms. The van der Waals surface area contributed by atoms with Gasteiger partial charge in [-0.05, 0) is 49.2 Å². The van der Waals surface area contributed by atoms with Gasteiger partial charge in [0, 0.05) is 44.5 Å². The fourth-order valence-electron chi connectivity index (χ4n) is 5.67. The van der Waals surface area contributed by atoms with Crippen LogP contribution >= 0.6 is 0 Å². The summed E-state index contributed by atoms with van der Waals surface area (Å²) in [7, 11) is 0. The van der Waals surface area contributed by atoms with Gasteiger partial charge >= 0.3 is 0 Å². The Bertz CT molecular complexity index is 941. The van der Waals surface area contributed by atoms with Crippen LogP contribution in [0.4, 0.5) is 10.1 Å². The van der Waals surface area contributed by atoms with E-state index in [4.69, 9.17) is 0 Å². The van der Waals surface area contributed by atoms with Crippen LogP contribution in [-0.2, 0) is 4.79 Å². The topological polar surface area (TPSA) is 49.4 Å². The second kappa shape index (κ2) is 9.51. The molecule has 0 bridgehead atoms. The molecule has 1 amide bonds. The first-order valence-corrected chi connectivity index (χ1v) is 11.7. The predicted octanol–water partition coefficient (Wildman–Crippen LogP) is 4.13. The zero-order valence-corrected chi connectivity index (χ0v) is 18.9. The van der Waals surface area contributed by atoms with Gasteiger partial charge in [0.25, 0.3) is 5.91 Å². The summed E-state index contributed by atoms with van der Waals surface area (Å²) >= 11 is 0. The molecule has 2 aliphatic rings. The molecule has 4 rings (SSSR count). The number of carbonyl (C=O) groups excluding carboxylic acids is 2. The predicted molar refractivity (Wildman–Crippen MR) is 125 cm³/mol. The Kier molecular flexibility index (Phi) is 6.72. The minimum atomic E-state index is -0.441. The number of ketones is 1. The monoisotopic (exact) mass is 438 g/mol. The largest absolute Gasteiger partial charge is 0.316 e. The Morgan fingerprint density at radius 1 is 1.09 bits per heavy atom. The first kappa shape index (κ1) is 22.6. The molecule has 1 spiro atoms. The van der Waals surface area contributed by atoms with Gasteiger partial charge in [-0.2, -0.15) is 0 Å². The molecule has 2 saturated heterocycles. The highest BCUT2D eigenvalue weighted by molar-refractivity contribution is 5.96. The zero-order valence-electron chi connectivity index (χ0n) is 18.9. The van der Waals surface area contributed by atoms with Gasteiger partial charge in [-0.3, -0.25) is 19.0 Å². The van der Waals surface area contributed by atoms with Gasteiger partial charge in [-0.25, -0.2) is 4.39 Å². The van der Waals surface area contributed by atoms with E-state index in [0.717, 1.165) is 38.9 Å². The van der Waals surface area contributed by atoms with E-state index in [-0.39, 0.29) is 17.5 Å². The lowest BCUT2D eigenvalue weighted by Gasteiger charge is -2.47. The van der Waals surface area contributed by atoms with E-state index < -0.39 is 5.54 Å². The lowest BCUT2D eigenvalue weighted by Crippen LogP contribution is -2.68. The third-order valence-corrected chi connectivity index (χ3v) is 7.20. The number of piperidine rings is 1. The van der Waals surface area contributed by atoms with Crippen molar-refractivity contribution in [1.29, 1.82) is 0 Å². The first-order chi connectivity index (χ1) is 15.5. The molecule has 0 aromatic heterocycles. The maximum atomic E-state index is 13.9. The summed E-state index contributed by atoms with van der Waals surface area (Å²) in [4.78, 5) is 28.4. The number of nitrogens with zero attached hydrogens (tertiary/aromatic N) is 2. The third-order valence-electron chi connectivity index (χ3n) is 7.20. The number of carbonyl (C=O) groups is 2. The Morgan fingerprint density at radius 3 is 2.44 bits per heavy atom. The smallest absolute Gasteiger partial charge is 0.288 e. The summed E-state index contributed by atoms with van der Waals surface area (Å²) in [5.74, 6) is -0.126. The quantitative estimate of drug-likeness (QED) is 0.498. The van der Waals surface area contributed by atoms with Crippen molar-refractivity contribution >= 4 is 17.4 Å². The Balaban J connectivity index is 1.54. The highest BCUT2D eigenvalue weighted by Crippen LogP contribution is 2.45. The van der Waals surface area contributed by atoms with Gasteiger partial charge in [-0.15, -0.1) is 0 Å². The molecule has 0 radical (unpaired) electrons. The number of amides is 1. The Morgan fingerprint density at radius 2 is 1.78 bits per heavy atom. The fourth-order valence-corrected chi connectivity index (χ4v) is 5.67. The molecule has 2 aliphatic heterocycles. The van der Waals surface area contributed by atoms with Crippen LogP contribution in [-0.4, -0.2) is 55.0 Å². The van der Waals surface area contributed by atoms with E-state index in [0.29, 0.717) is 36.1 Å². The number of para-hydroxylation sites is 1. The molecule has 6 heteroatoms. The Labute approximate surface area is 189 Å². The van der Waals surface area contributed by atoms with E-state index in [1.807, 2.05) is 11.0 Å². The minimum absolute atomic E-state index is 0.00871. The van der Waals surface area contributed by atoms with Crippen LogP contribution in [0.15, 0.2) is 54.6 Å². The highest BCUT2D eigenvalue weighted by atomic mass is 19.1. The molecule has 2 heterocycles. The van der Waals surface area contributed by atoms with Crippen LogP contribution in [0.5, 0.6) is 0 Å². The van der Waals surface area contributed by atoms with E-state index in [1.54, 1.807) is 0 Å². The van der Waals surface area contributed by atoms with E-state index in [1.165, 1.54) is 30.0 Å². The van der Waals surface area contributed by atoms with Crippen molar-refractivity contribution in [3.63, 3.8) is 0 Å². The summed E-state index contributed by atoms with van der Waals surface area (Å²) in [6, 6.07) is 16.2. The van der Waals surface area contributed by atoms with Gasteiger partial charge in [0.1, 0.15) is 11.5 Å². The third kappa shape index (κ3) is 3.97. The molecule has 1 N–H and O–H groups in total. The lowest BCUT2D eigenvalue weighted by molar-refractivity contribution is -0.134. The van der Waals surface area contributed by atoms with Crippen molar-refractivity contribution in [2.24, 2.45) is 0 Å². The standard InChI is InChI=1S/C26H33FN3O2/c1-2-19-30(23-7-4-3-5-8-23)20-29(25(32)26(30)14-16-28-17-15-26)18-6-9-24(31)21-10-12-22(27)13-11-21/h3-5,7-8,10-13,28H,2,6,9,14-20H2,1H3/q+1. The van der Waals surface area contributed by atoms with Gasteiger partial charge in [0.15, 0.2) is 18.0 Å². The number of hydrogen-bond donors (Lipinski definition) is 1. The fraction of sp³-hybridized carbons (Fsp3) is 0.462. The van der Waals surface area contributed by atoms with Crippen molar-refractivity contribution in [3.05, 3.63) is 66.0 Å². The van der Waals surface area contributed by atoms with Crippen LogP contribution in [0, 0.1) is 5.82 Å². The maximum absolute atomic E-state index is 13.9. The first-order valence-electron chi connectivity index (χ1n) is 11.7. The number of hydrogen-bond acceptors (Lipinski definition) is 3. The summed E-state index contributed by atoms with van der Waals surface area (Å²) in [6.07, 6.45) is 3.60. The molecule has 0 saturated carbocycles. The van der Waals surface area contributed by atoms with Gasteiger partial charge in [-0.1, -0.05) is 25.1 Å².